The molecule has 1 aromatic rings. The highest BCUT2D eigenvalue weighted by atomic mass is 16.4. The molecule has 4 heteroatoms. The van der Waals surface area contributed by atoms with Gasteiger partial charge in [-0.3, -0.25) is 0 Å². The number of hydrogen-bond donors (Lipinski definition) is 3. The number of carbonyl (C=O) groups is 1. The van der Waals surface area contributed by atoms with Crippen LogP contribution in [0.4, 0.5) is 0 Å². The van der Waals surface area contributed by atoms with Crippen molar-refractivity contribution in [1.82, 2.24) is 0 Å². The number of phenolic OH excluding ortho intramolecular Hbond substituents is 1. The molecule has 17 heavy (non-hydrogen) atoms. The maximum atomic E-state index is 10.7. The van der Waals surface area contributed by atoms with E-state index >= 15 is 0 Å². The van der Waals surface area contributed by atoms with Gasteiger partial charge in [-0.05, 0) is 41.2 Å². The van der Waals surface area contributed by atoms with Gasteiger partial charge in [0.1, 0.15) is 5.75 Å². The lowest BCUT2D eigenvalue weighted by atomic mass is 9.83. The Bertz CT molecular complexity index is 443. The molecule has 1 rings (SSSR count). The van der Waals surface area contributed by atoms with Gasteiger partial charge in [0, 0.05) is 0 Å². The summed E-state index contributed by atoms with van der Waals surface area (Å²) in [4.78, 5) is 10.7. The van der Waals surface area contributed by atoms with Crippen molar-refractivity contribution in [1.29, 1.82) is 0 Å². The van der Waals surface area contributed by atoms with Crippen LogP contribution in [0.25, 0.3) is 0 Å². The number of aliphatic hydroxyl groups is 1. The van der Waals surface area contributed by atoms with E-state index in [9.17, 15) is 15.0 Å². The number of phenols is 1. The molecule has 3 N–H and O–H groups in total. The van der Waals surface area contributed by atoms with Crippen molar-refractivity contribution in [2.75, 3.05) is 0 Å². The molecule has 94 valence electrons. The van der Waals surface area contributed by atoms with Crippen LogP contribution in [0.1, 0.15) is 43.6 Å². The average Bonchev–Trinajstić information content (AvgIpc) is 2.18. The number of rotatable bonds is 2. The maximum absolute atomic E-state index is 10.7. The maximum Gasteiger partial charge on any atom is 0.337 e. The Morgan fingerprint density at radius 1 is 1.29 bits per heavy atom. The largest absolute Gasteiger partial charge is 0.507 e. The third-order valence-corrected chi connectivity index (χ3v) is 2.68. The predicted molar refractivity (Wildman–Crippen MR) is 64.1 cm³/mol. The fourth-order valence-electron chi connectivity index (χ4n) is 1.68. The quantitative estimate of drug-likeness (QED) is 0.737. The van der Waals surface area contributed by atoms with Crippen LogP contribution in [0.3, 0.4) is 0 Å². The lowest BCUT2D eigenvalue weighted by Gasteiger charge is -2.23. The number of aromatic hydroxyl groups is 1. The summed E-state index contributed by atoms with van der Waals surface area (Å²) in [5.74, 6) is -1.14. The van der Waals surface area contributed by atoms with Gasteiger partial charge in [0.2, 0.25) is 0 Å². The summed E-state index contributed by atoms with van der Waals surface area (Å²) in [5.41, 5.74) is 1.17. The molecule has 4 nitrogen and oxygen atoms in total. The third kappa shape index (κ3) is 2.77. The van der Waals surface area contributed by atoms with Gasteiger partial charge >= 0.3 is 5.97 Å². The zero-order valence-corrected chi connectivity index (χ0v) is 10.5. The summed E-state index contributed by atoms with van der Waals surface area (Å²) < 4.78 is 0. The Morgan fingerprint density at radius 3 is 2.24 bits per heavy atom. The highest BCUT2D eigenvalue weighted by Gasteiger charge is 2.24. The van der Waals surface area contributed by atoms with Gasteiger partial charge in [0.05, 0.1) is 0 Å². The van der Waals surface area contributed by atoms with Crippen LogP contribution in [-0.2, 0) is 10.2 Å². The number of carboxylic acids is 1. The number of aryl methyl sites for hydroxylation is 1. The minimum Gasteiger partial charge on any atom is -0.507 e. The van der Waals surface area contributed by atoms with Gasteiger partial charge in [-0.2, -0.15) is 0 Å². The van der Waals surface area contributed by atoms with Gasteiger partial charge in [-0.15, -0.1) is 0 Å². The Hall–Kier alpha value is -1.55. The summed E-state index contributed by atoms with van der Waals surface area (Å²) in [5, 5.41) is 28.2. The summed E-state index contributed by atoms with van der Waals surface area (Å²) in [6.07, 6.45) is -1.56. The van der Waals surface area contributed by atoms with Gasteiger partial charge in [-0.1, -0.05) is 20.8 Å². The number of carboxylic acid groups (broad SMARTS) is 1. The molecule has 0 unspecified atom stereocenters. The van der Waals surface area contributed by atoms with E-state index in [1.807, 2.05) is 20.8 Å². The molecule has 1 atom stereocenters. The van der Waals surface area contributed by atoms with Crippen molar-refractivity contribution >= 4 is 5.97 Å². The van der Waals surface area contributed by atoms with E-state index in [4.69, 9.17) is 5.11 Å². The topological polar surface area (TPSA) is 77.8 Å². The Labute approximate surface area is 101 Å². The predicted octanol–water partition coefficient (Wildman–Crippen LogP) is 2.12. The van der Waals surface area contributed by atoms with Crippen molar-refractivity contribution in [3.63, 3.8) is 0 Å². The van der Waals surface area contributed by atoms with Crippen LogP contribution in [0.15, 0.2) is 12.1 Å². The standard InChI is InChI=1S/C13H18O4/c1-7-5-8(11(15)12(16)17)6-9(10(7)14)13(2,3)4/h5-6,11,14-15H,1-4H3,(H,16,17)/t11-/m1/s1. The van der Waals surface area contributed by atoms with Gasteiger partial charge in [-0.25, -0.2) is 4.79 Å². The summed E-state index contributed by atoms with van der Waals surface area (Å²) in [7, 11) is 0. The van der Waals surface area contributed by atoms with Crippen LogP contribution in [-0.4, -0.2) is 21.3 Å². The molecule has 0 aliphatic heterocycles. The molecular weight excluding hydrogens is 220 g/mol. The highest BCUT2D eigenvalue weighted by Crippen LogP contribution is 2.35. The van der Waals surface area contributed by atoms with E-state index in [2.05, 4.69) is 0 Å². The van der Waals surface area contributed by atoms with E-state index in [0.29, 0.717) is 11.1 Å². The molecule has 0 fully saturated rings. The van der Waals surface area contributed by atoms with E-state index < -0.39 is 12.1 Å². The zero-order valence-electron chi connectivity index (χ0n) is 10.5. The molecule has 0 spiro atoms. The van der Waals surface area contributed by atoms with Crippen LogP contribution in [0.2, 0.25) is 0 Å². The minimum atomic E-state index is -1.56. The van der Waals surface area contributed by atoms with Crippen LogP contribution in [0.5, 0.6) is 5.75 Å². The summed E-state index contributed by atoms with van der Waals surface area (Å²) in [6.45, 7) is 7.43. The zero-order chi connectivity index (χ0) is 13.4. The fraction of sp³-hybridized carbons (Fsp3) is 0.462. The van der Waals surface area contributed by atoms with E-state index in [1.54, 1.807) is 13.0 Å². The van der Waals surface area contributed by atoms with Crippen molar-refractivity contribution in [2.24, 2.45) is 0 Å². The molecule has 0 aromatic heterocycles. The Morgan fingerprint density at radius 2 is 1.82 bits per heavy atom. The lowest BCUT2D eigenvalue weighted by Crippen LogP contribution is -2.15. The normalized spacial score (nSPS) is 13.5. The first-order valence-corrected chi connectivity index (χ1v) is 5.39. The SMILES string of the molecule is Cc1cc([C@@H](O)C(=O)O)cc(C(C)(C)C)c1O. The second kappa shape index (κ2) is 4.37. The van der Waals surface area contributed by atoms with Crippen molar-refractivity contribution in [3.8, 4) is 5.75 Å². The Balaban J connectivity index is 3.39. The fourth-order valence-corrected chi connectivity index (χ4v) is 1.68. The lowest BCUT2D eigenvalue weighted by molar-refractivity contribution is -0.146. The van der Waals surface area contributed by atoms with E-state index in [-0.39, 0.29) is 16.7 Å². The first-order valence-electron chi connectivity index (χ1n) is 5.39. The number of aliphatic hydroxyl groups excluding tert-OH is 1. The third-order valence-electron chi connectivity index (χ3n) is 2.68. The van der Waals surface area contributed by atoms with E-state index in [1.165, 1.54) is 6.07 Å². The number of hydrogen-bond acceptors (Lipinski definition) is 3. The molecule has 0 bridgehead atoms. The van der Waals surface area contributed by atoms with Crippen molar-refractivity contribution < 1.29 is 20.1 Å². The molecule has 0 saturated carbocycles. The van der Waals surface area contributed by atoms with Crippen LogP contribution >= 0.6 is 0 Å². The van der Waals surface area contributed by atoms with Crippen LogP contribution < -0.4 is 0 Å². The van der Waals surface area contributed by atoms with Gasteiger partial charge in [0.15, 0.2) is 6.10 Å². The molecule has 1 aromatic carbocycles. The molecule has 0 aliphatic carbocycles. The molecule has 0 heterocycles. The first-order chi connectivity index (χ1) is 7.64. The molecule has 0 radical (unpaired) electrons. The van der Waals surface area contributed by atoms with E-state index in [0.717, 1.165) is 0 Å². The Kier molecular flexibility index (Phi) is 3.48. The summed E-state index contributed by atoms with van der Waals surface area (Å²) in [6, 6.07) is 3.03. The summed E-state index contributed by atoms with van der Waals surface area (Å²) >= 11 is 0. The minimum absolute atomic E-state index is 0.152. The van der Waals surface area contributed by atoms with Crippen molar-refractivity contribution in [2.45, 2.75) is 39.2 Å². The average molecular weight is 238 g/mol. The molecular formula is C13H18O4. The van der Waals surface area contributed by atoms with Gasteiger partial charge in [0.25, 0.3) is 0 Å². The second-order valence-corrected chi connectivity index (χ2v) is 5.22. The van der Waals surface area contributed by atoms with Crippen LogP contribution in [0, 0.1) is 6.92 Å². The number of aliphatic carboxylic acids is 1. The highest BCUT2D eigenvalue weighted by molar-refractivity contribution is 5.74. The second-order valence-electron chi connectivity index (χ2n) is 5.22. The first kappa shape index (κ1) is 13.5. The van der Waals surface area contributed by atoms with Gasteiger partial charge < -0.3 is 15.3 Å². The van der Waals surface area contributed by atoms with Crippen molar-refractivity contribution in [3.05, 3.63) is 28.8 Å². The molecule has 0 amide bonds. The molecule has 0 saturated heterocycles. The smallest absolute Gasteiger partial charge is 0.337 e. The monoisotopic (exact) mass is 238 g/mol. The molecule has 0 aliphatic rings. The number of benzene rings is 1.